The molecule has 94 valence electrons. The van der Waals surface area contributed by atoms with Crippen LogP contribution in [0, 0.1) is 26.6 Å². The maximum absolute atomic E-state index is 13.1. The monoisotopic (exact) mass is 249 g/mol. The summed E-state index contributed by atoms with van der Waals surface area (Å²) in [6.07, 6.45) is 0.980. The lowest BCUT2D eigenvalue weighted by atomic mass is 10.2. The summed E-state index contributed by atoms with van der Waals surface area (Å²) in [4.78, 5) is 14.9. The lowest BCUT2D eigenvalue weighted by Crippen LogP contribution is -2.11. The lowest BCUT2D eigenvalue weighted by Gasteiger charge is -2.07. The second-order valence-corrected chi connectivity index (χ2v) is 4.04. The van der Waals surface area contributed by atoms with Gasteiger partial charge in [0.05, 0.1) is 11.9 Å². The average molecular weight is 249 g/mol. The molecule has 0 fully saturated rings. The van der Waals surface area contributed by atoms with E-state index in [9.17, 15) is 9.18 Å². The van der Waals surface area contributed by atoms with Crippen LogP contribution < -0.4 is 0 Å². The van der Waals surface area contributed by atoms with Crippen molar-refractivity contribution in [3.8, 4) is 5.82 Å². The topological polar surface area (TPSA) is 68.0 Å². The molecule has 6 heteroatoms. The number of rotatable bonds is 2. The molecule has 0 radical (unpaired) electrons. The standard InChI is InChI=1S/C12H12FN3O2/c1-6-7(2)15-16(8(6)3)11-10(12(17)18)4-9(13)5-14-11/h4-5H,1-3H3,(H,17,18). The molecule has 2 aromatic heterocycles. The van der Waals surface area contributed by atoms with Crippen molar-refractivity contribution in [2.24, 2.45) is 0 Å². The van der Waals surface area contributed by atoms with Gasteiger partial charge in [-0.2, -0.15) is 5.10 Å². The maximum Gasteiger partial charge on any atom is 0.339 e. The molecule has 2 rings (SSSR count). The van der Waals surface area contributed by atoms with E-state index in [0.717, 1.165) is 29.2 Å². The zero-order chi connectivity index (χ0) is 13.4. The lowest BCUT2D eigenvalue weighted by molar-refractivity contribution is 0.0695. The van der Waals surface area contributed by atoms with Gasteiger partial charge in [0.2, 0.25) is 0 Å². The number of hydrogen-bond donors (Lipinski definition) is 1. The number of aromatic carboxylic acids is 1. The summed E-state index contributed by atoms with van der Waals surface area (Å²) in [5.41, 5.74) is 2.32. The third kappa shape index (κ3) is 1.85. The Morgan fingerprint density at radius 3 is 2.56 bits per heavy atom. The SMILES string of the molecule is Cc1nn(-c2ncc(F)cc2C(=O)O)c(C)c1C. The fourth-order valence-electron chi connectivity index (χ4n) is 1.69. The van der Waals surface area contributed by atoms with Crippen molar-refractivity contribution in [1.82, 2.24) is 14.8 Å². The quantitative estimate of drug-likeness (QED) is 0.884. The molecule has 2 aromatic rings. The predicted octanol–water partition coefficient (Wildman–Crippen LogP) is 2.03. The summed E-state index contributed by atoms with van der Waals surface area (Å²) in [6, 6.07) is 0.941. The number of pyridine rings is 1. The highest BCUT2D eigenvalue weighted by molar-refractivity contribution is 5.91. The number of carbonyl (C=O) groups is 1. The molecule has 0 amide bonds. The van der Waals surface area contributed by atoms with E-state index in [4.69, 9.17) is 5.11 Å². The Morgan fingerprint density at radius 1 is 1.39 bits per heavy atom. The molecule has 0 aromatic carbocycles. The van der Waals surface area contributed by atoms with Gasteiger partial charge in [0, 0.05) is 5.69 Å². The van der Waals surface area contributed by atoms with Gasteiger partial charge in [0.25, 0.3) is 0 Å². The minimum atomic E-state index is -1.23. The van der Waals surface area contributed by atoms with Gasteiger partial charge in [-0.15, -0.1) is 0 Å². The molecule has 0 spiro atoms. The summed E-state index contributed by atoms with van der Waals surface area (Å²) in [6.45, 7) is 5.52. The van der Waals surface area contributed by atoms with E-state index < -0.39 is 11.8 Å². The smallest absolute Gasteiger partial charge is 0.339 e. The molecular weight excluding hydrogens is 237 g/mol. The van der Waals surface area contributed by atoms with E-state index in [2.05, 4.69) is 10.1 Å². The summed E-state index contributed by atoms with van der Waals surface area (Å²) >= 11 is 0. The Labute approximate surface area is 103 Å². The number of carboxylic acid groups (broad SMARTS) is 1. The van der Waals surface area contributed by atoms with Gasteiger partial charge in [0.1, 0.15) is 11.4 Å². The first-order valence-electron chi connectivity index (χ1n) is 5.34. The van der Waals surface area contributed by atoms with Crippen molar-refractivity contribution in [2.75, 3.05) is 0 Å². The second kappa shape index (κ2) is 4.21. The van der Waals surface area contributed by atoms with Gasteiger partial charge in [-0.3, -0.25) is 0 Å². The van der Waals surface area contributed by atoms with Crippen LogP contribution in [-0.2, 0) is 0 Å². The second-order valence-electron chi connectivity index (χ2n) is 4.04. The van der Waals surface area contributed by atoms with Crippen LogP contribution in [-0.4, -0.2) is 25.8 Å². The highest BCUT2D eigenvalue weighted by Crippen LogP contribution is 2.19. The Balaban J connectivity index is 2.71. The molecule has 5 nitrogen and oxygen atoms in total. The minimum Gasteiger partial charge on any atom is -0.478 e. The number of nitrogens with zero attached hydrogens (tertiary/aromatic N) is 3. The summed E-state index contributed by atoms with van der Waals surface area (Å²) in [5.74, 6) is -1.80. The molecule has 0 unspecified atom stereocenters. The van der Waals surface area contributed by atoms with E-state index in [1.807, 2.05) is 20.8 Å². The van der Waals surface area contributed by atoms with Crippen LogP contribution >= 0.6 is 0 Å². The highest BCUT2D eigenvalue weighted by atomic mass is 19.1. The summed E-state index contributed by atoms with van der Waals surface area (Å²) in [5, 5.41) is 13.3. The fraction of sp³-hybridized carbons (Fsp3) is 0.250. The molecule has 2 heterocycles. The largest absolute Gasteiger partial charge is 0.478 e. The van der Waals surface area contributed by atoms with Gasteiger partial charge >= 0.3 is 5.97 Å². The Kier molecular flexibility index (Phi) is 2.86. The number of aromatic nitrogens is 3. The van der Waals surface area contributed by atoms with Crippen LogP contribution in [0.2, 0.25) is 0 Å². The summed E-state index contributed by atoms with van der Waals surface area (Å²) < 4.78 is 14.5. The number of hydrogen-bond acceptors (Lipinski definition) is 3. The highest BCUT2D eigenvalue weighted by Gasteiger charge is 2.18. The zero-order valence-corrected chi connectivity index (χ0v) is 10.2. The first kappa shape index (κ1) is 12.2. The van der Waals surface area contributed by atoms with E-state index >= 15 is 0 Å². The Bertz CT molecular complexity index is 634. The number of aryl methyl sites for hydroxylation is 1. The molecule has 0 bridgehead atoms. The van der Waals surface area contributed by atoms with Crippen molar-refractivity contribution >= 4 is 5.97 Å². The molecular formula is C12H12FN3O2. The average Bonchev–Trinajstić information content (AvgIpc) is 2.57. The van der Waals surface area contributed by atoms with Gasteiger partial charge in [-0.05, 0) is 32.4 Å². The van der Waals surface area contributed by atoms with E-state index in [1.165, 1.54) is 4.68 Å². The first-order valence-corrected chi connectivity index (χ1v) is 5.34. The molecule has 0 saturated carbocycles. The van der Waals surface area contributed by atoms with Crippen molar-refractivity contribution in [2.45, 2.75) is 20.8 Å². The molecule has 0 atom stereocenters. The predicted molar refractivity (Wildman–Crippen MR) is 62.5 cm³/mol. The van der Waals surface area contributed by atoms with Crippen LogP contribution in [0.3, 0.4) is 0 Å². The number of halogens is 1. The molecule has 0 saturated heterocycles. The van der Waals surface area contributed by atoms with Gasteiger partial charge < -0.3 is 5.11 Å². The Morgan fingerprint density at radius 2 is 2.06 bits per heavy atom. The van der Waals surface area contributed by atoms with Crippen LogP contribution in [0.15, 0.2) is 12.3 Å². The molecule has 1 N–H and O–H groups in total. The number of carboxylic acids is 1. The van der Waals surface area contributed by atoms with Gasteiger partial charge in [0.15, 0.2) is 5.82 Å². The third-order valence-electron chi connectivity index (χ3n) is 2.92. The zero-order valence-electron chi connectivity index (χ0n) is 10.2. The van der Waals surface area contributed by atoms with Crippen molar-refractivity contribution in [3.63, 3.8) is 0 Å². The third-order valence-corrected chi connectivity index (χ3v) is 2.92. The van der Waals surface area contributed by atoms with Gasteiger partial charge in [-0.25, -0.2) is 18.9 Å². The van der Waals surface area contributed by atoms with Crippen LogP contribution in [0.5, 0.6) is 0 Å². The molecule has 18 heavy (non-hydrogen) atoms. The van der Waals surface area contributed by atoms with Crippen molar-refractivity contribution in [3.05, 3.63) is 40.6 Å². The summed E-state index contributed by atoms with van der Waals surface area (Å²) in [7, 11) is 0. The molecule has 0 aliphatic heterocycles. The van der Waals surface area contributed by atoms with Crippen LogP contribution in [0.4, 0.5) is 4.39 Å². The normalized spacial score (nSPS) is 10.7. The van der Waals surface area contributed by atoms with Crippen molar-refractivity contribution < 1.29 is 14.3 Å². The van der Waals surface area contributed by atoms with E-state index in [1.54, 1.807) is 0 Å². The molecule has 0 aliphatic rings. The maximum atomic E-state index is 13.1. The van der Waals surface area contributed by atoms with Crippen molar-refractivity contribution in [1.29, 1.82) is 0 Å². The molecule has 0 aliphatic carbocycles. The fourth-order valence-corrected chi connectivity index (χ4v) is 1.69. The van der Waals surface area contributed by atoms with E-state index in [0.29, 0.717) is 0 Å². The minimum absolute atomic E-state index is 0.123. The van der Waals surface area contributed by atoms with Gasteiger partial charge in [-0.1, -0.05) is 0 Å². The van der Waals surface area contributed by atoms with E-state index in [-0.39, 0.29) is 11.4 Å². The van der Waals surface area contributed by atoms with Crippen LogP contribution in [0.1, 0.15) is 27.3 Å². The van der Waals surface area contributed by atoms with Crippen LogP contribution in [0.25, 0.3) is 5.82 Å². The first-order chi connectivity index (χ1) is 8.41. The Hall–Kier alpha value is -2.24.